The van der Waals surface area contributed by atoms with Crippen molar-refractivity contribution in [2.24, 2.45) is 0 Å². The molecule has 0 heterocycles. The average Bonchev–Trinajstić information content (AvgIpc) is 2.60. The van der Waals surface area contributed by atoms with Crippen molar-refractivity contribution >= 4 is 0 Å². The van der Waals surface area contributed by atoms with Gasteiger partial charge in [0.25, 0.3) is 0 Å². The van der Waals surface area contributed by atoms with Crippen LogP contribution in [0.3, 0.4) is 0 Å². The molecule has 0 saturated heterocycles. The van der Waals surface area contributed by atoms with Gasteiger partial charge in [0.15, 0.2) is 0 Å². The molecule has 3 nitrogen and oxygen atoms in total. The molecule has 2 rings (SSSR count). The molecule has 2 aromatic rings. The molecule has 1 unspecified atom stereocenters. The molecule has 0 bridgehead atoms. The van der Waals surface area contributed by atoms with E-state index in [0.29, 0.717) is 13.2 Å². The zero-order valence-electron chi connectivity index (χ0n) is 15.6. The summed E-state index contributed by atoms with van der Waals surface area (Å²) >= 11 is 0. The summed E-state index contributed by atoms with van der Waals surface area (Å²) in [5, 5.41) is 0. The molecule has 133 valence electrons. The van der Waals surface area contributed by atoms with Gasteiger partial charge in [0, 0.05) is 38.1 Å². The number of hydrogen-bond donors (Lipinski definition) is 0. The van der Waals surface area contributed by atoms with Crippen LogP contribution in [0.1, 0.15) is 38.8 Å². The maximum Gasteiger partial charge on any atom is 0.119 e. The van der Waals surface area contributed by atoms with E-state index < -0.39 is 0 Å². The Bertz CT molecular complexity index is 621. The summed E-state index contributed by atoms with van der Waals surface area (Å²) in [5.74, 6) is 1.74. The number of benzene rings is 2. The molecule has 0 aliphatic carbocycles. The topological polar surface area (TPSA) is 27.7 Å². The molecule has 0 aliphatic rings. The van der Waals surface area contributed by atoms with Crippen LogP contribution in [-0.4, -0.2) is 19.3 Å². The Hall–Kier alpha value is -0.896. The van der Waals surface area contributed by atoms with Crippen molar-refractivity contribution in [1.29, 1.82) is 0 Å². The van der Waals surface area contributed by atoms with E-state index in [-0.39, 0.29) is 44.2 Å². The van der Waals surface area contributed by atoms with Crippen LogP contribution < -0.4 is 9.47 Å². The van der Waals surface area contributed by atoms with Crippen molar-refractivity contribution < 1.29 is 46.9 Å². The maximum atomic E-state index is 5.69. The third kappa shape index (κ3) is 6.09. The average molecular weight is 416 g/mol. The molecule has 0 aromatic heterocycles. The Morgan fingerprint density at radius 1 is 0.880 bits per heavy atom. The van der Waals surface area contributed by atoms with Crippen LogP contribution in [0.5, 0.6) is 11.5 Å². The summed E-state index contributed by atoms with van der Waals surface area (Å²) in [6.07, 6.45) is -0.0232. The SMILES string of the molecule is [CH2-]OC(C)COc1ccc(C(C)(C)c2ccc(OCC)cc2)cc1.[Y]. The fraction of sp³-hybridized carbons (Fsp3) is 0.381. The van der Waals surface area contributed by atoms with Crippen LogP contribution in [-0.2, 0) is 42.9 Å². The molecule has 0 amide bonds. The summed E-state index contributed by atoms with van der Waals surface area (Å²) in [6, 6.07) is 16.5. The van der Waals surface area contributed by atoms with Gasteiger partial charge < -0.3 is 14.2 Å². The van der Waals surface area contributed by atoms with Crippen molar-refractivity contribution in [2.75, 3.05) is 13.2 Å². The quantitative estimate of drug-likeness (QED) is 0.568. The molecule has 0 fully saturated rings. The third-order valence-electron chi connectivity index (χ3n) is 4.23. The van der Waals surface area contributed by atoms with E-state index in [1.165, 1.54) is 11.1 Å². The van der Waals surface area contributed by atoms with E-state index in [2.05, 4.69) is 45.2 Å². The Balaban J connectivity index is 0.00000312. The van der Waals surface area contributed by atoms with E-state index in [0.717, 1.165) is 11.5 Å². The van der Waals surface area contributed by atoms with Gasteiger partial charge in [0.1, 0.15) is 18.1 Å². The second-order valence-corrected chi connectivity index (χ2v) is 6.40. The van der Waals surface area contributed by atoms with Gasteiger partial charge in [0.2, 0.25) is 0 Å². The molecule has 0 saturated carbocycles. The third-order valence-corrected chi connectivity index (χ3v) is 4.23. The van der Waals surface area contributed by atoms with Gasteiger partial charge in [-0.15, -0.1) is 0 Å². The predicted octanol–water partition coefficient (Wildman–Crippen LogP) is 4.98. The first kappa shape index (κ1) is 22.1. The van der Waals surface area contributed by atoms with Crippen LogP contribution >= 0.6 is 0 Å². The number of ether oxygens (including phenoxy) is 3. The molecule has 1 radical (unpaired) electrons. The minimum Gasteiger partial charge on any atom is -0.550 e. The first-order valence-corrected chi connectivity index (χ1v) is 8.35. The molecule has 1 atom stereocenters. The zero-order valence-corrected chi connectivity index (χ0v) is 18.5. The van der Waals surface area contributed by atoms with Gasteiger partial charge >= 0.3 is 0 Å². The van der Waals surface area contributed by atoms with Gasteiger partial charge in [0.05, 0.1) is 12.7 Å². The molecule has 4 heteroatoms. The number of rotatable bonds is 8. The first-order chi connectivity index (χ1) is 11.5. The Labute approximate surface area is 176 Å². The summed E-state index contributed by atoms with van der Waals surface area (Å²) in [4.78, 5) is 0. The summed E-state index contributed by atoms with van der Waals surface area (Å²) in [5.41, 5.74) is 2.40. The van der Waals surface area contributed by atoms with Crippen LogP contribution in [0.4, 0.5) is 0 Å². The van der Waals surface area contributed by atoms with Gasteiger partial charge in [-0.3, -0.25) is 0 Å². The summed E-state index contributed by atoms with van der Waals surface area (Å²) in [7, 11) is 3.41. The largest absolute Gasteiger partial charge is 0.550 e. The van der Waals surface area contributed by atoms with Crippen LogP contribution in [0, 0.1) is 7.11 Å². The second-order valence-electron chi connectivity index (χ2n) is 6.40. The molecular weight excluding hydrogens is 389 g/mol. The van der Waals surface area contributed by atoms with Crippen molar-refractivity contribution in [3.05, 3.63) is 66.8 Å². The maximum absolute atomic E-state index is 5.69. The van der Waals surface area contributed by atoms with Crippen molar-refractivity contribution in [3.63, 3.8) is 0 Å². The van der Waals surface area contributed by atoms with E-state index >= 15 is 0 Å². The van der Waals surface area contributed by atoms with Crippen LogP contribution in [0.2, 0.25) is 0 Å². The van der Waals surface area contributed by atoms with E-state index in [1.54, 1.807) is 0 Å². The molecule has 0 N–H and O–H groups in total. The molecule has 0 aliphatic heterocycles. The number of hydrogen-bond acceptors (Lipinski definition) is 3. The van der Waals surface area contributed by atoms with E-state index in [1.807, 2.05) is 38.1 Å². The second kappa shape index (κ2) is 10.3. The summed E-state index contributed by atoms with van der Waals surface area (Å²) in [6.45, 7) is 9.53. The van der Waals surface area contributed by atoms with Crippen molar-refractivity contribution in [1.82, 2.24) is 0 Å². The Kier molecular flexibility index (Phi) is 9.12. The minimum atomic E-state index is -0.0903. The fourth-order valence-corrected chi connectivity index (χ4v) is 2.53. The standard InChI is InChI=1S/C21H27O3.Y/c1-6-23-19-11-7-17(8-12-19)21(3,4)18-9-13-20(14-10-18)24-15-16(2)22-5;/h7-14,16H,5-6,15H2,1-4H3;/q-1;. The predicted molar refractivity (Wildman–Crippen MR) is 97.6 cm³/mol. The first-order valence-electron chi connectivity index (χ1n) is 8.35. The van der Waals surface area contributed by atoms with Gasteiger partial charge in [-0.25, -0.2) is 7.11 Å². The van der Waals surface area contributed by atoms with Crippen LogP contribution in [0.25, 0.3) is 0 Å². The van der Waals surface area contributed by atoms with Gasteiger partial charge in [-0.1, -0.05) is 38.1 Å². The van der Waals surface area contributed by atoms with E-state index in [9.17, 15) is 0 Å². The normalized spacial score (nSPS) is 12.2. The van der Waals surface area contributed by atoms with Crippen LogP contribution in [0.15, 0.2) is 48.5 Å². The fourth-order valence-electron chi connectivity index (χ4n) is 2.53. The smallest absolute Gasteiger partial charge is 0.119 e. The molecule has 25 heavy (non-hydrogen) atoms. The molecular formula is C21H27O3Y-. The van der Waals surface area contributed by atoms with Gasteiger partial charge in [-0.05, 0) is 49.2 Å². The molecule has 2 aromatic carbocycles. The van der Waals surface area contributed by atoms with Crippen molar-refractivity contribution in [2.45, 2.75) is 39.2 Å². The van der Waals surface area contributed by atoms with Crippen molar-refractivity contribution in [3.8, 4) is 11.5 Å². The minimum absolute atomic E-state index is 0. The zero-order chi connectivity index (χ0) is 17.6. The Morgan fingerprint density at radius 2 is 1.32 bits per heavy atom. The summed E-state index contributed by atoms with van der Waals surface area (Å²) < 4.78 is 16.2. The Morgan fingerprint density at radius 3 is 1.72 bits per heavy atom. The van der Waals surface area contributed by atoms with Gasteiger partial charge in [-0.2, -0.15) is 0 Å². The van der Waals surface area contributed by atoms with E-state index in [4.69, 9.17) is 14.2 Å². The monoisotopic (exact) mass is 416 g/mol. The molecule has 0 spiro atoms.